The summed E-state index contributed by atoms with van der Waals surface area (Å²) < 4.78 is 0. The van der Waals surface area contributed by atoms with Crippen molar-refractivity contribution in [2.24, 2.45) is 17.6 Å². The summed E-state index contributed by atoms with van der Waals surface area (Å²) in [5.41, 5.74) is 8.64. The number of benzene rings is 1. The fourth-order valence-corrected chi connectivity index (χ4v) is 4.52. The van der Waals surface area contributed by atoms with Crippen LogP contribution in [-0.2, 0) is 6.54 Å². The SMILES string of the molecule is NC1CCCC2CN(Cc3ccc(Cl)c4cccnc34)CC12. The fourth-order valence-electron chi connectivity index (χ4n) is 4.30. The largest absolute Gasteiger partial charge is 0.327 e. The van der Waals surface area contributed by atoms with Crippen LogP contribution in [0.2, 0.25) is 5.02 Å². The predicted octanol–water partition coefficient (Wildman–Crippen LogP) is 3.45. The average molecular weight is 316 g/mol. The van der Waals surface area contributed by atoms with Crippen molar-refractivity contribution in [3.8, 4) is 0 Å². The van der Waals surface area contributed by atoms with Gasteiger partial charge in [-0.15, -0.1) is 0 Å². The highest BCUT2D eigenvalue weighted by Crippen LogP contribution is 2.36. The Bertz CT molecular complexity index is 687. The van der Waals surface area contributed by atoms with Gasteiger partial charge in [0, 0.05) is 42.3 Å². The third-order valence-corrected chi connectivity index (χ3v) is 5.75. The van der Waals surface area contributed by atoms with Gasteiger partial charge in [-0.05, 0) is 48.4 Å². The highest BCUT2D eigenvalue weighted by molar-refractivity contribution is 6.35. The maximum atomic E-state index is 6.33. The zero-order valence-electron chi connectivity index (χ0n) is 12.7. The molecule has 4 heteroatoms. The van der Waals surface area contributed by atoms with E-state index < -0.39 is 0 Å². The first-order valence-corrected chi connectivity index (χ1v) is 8.60. The number of likely N-dealkylation sites (tertiary alicyclic amines) is 1. The van der Waals surface area contributed by atoms with E-state index in [9.17, 15) is 0 Å². The second kappa shape index (κ2) is 5.80. The summed E-state index contributed by atoms with van der Waals surface area (Å²) >= 11 is 6.29. The number of hydrogen-bond donors (Lipinski definition) is 1. The van der Waals surface area contributed by atoms with Gasteiger partial charge in [0.1, 0.15) is 0 Å². The Labute approximate surface area is 136 Å². The first-order chi connectivity index (χ1) is 10.7. The molecule has 2 N–H and O–H groups in total. The van der Waals surface area contributed by atoms with Crippen LogP contribution in [0.15, 0.2) is 30.5 Å². The Morgan fingerprint density at radius 1 is 1.23 bits per heavy atom. The summed E-state index contributed by atoms with van der Waals surface area (Å²) in [4.78, 5) is 7.11. The molecule has 0 amide bonds. The molecule has 3 atom stereocenters. The predicted molar refractivity (Wildman–Crippen MR) is 90.8 cm³/mol. The first kappa shape index (κ1) is 14.4. The standard InChI is InChI=1S/C18H22ClN3/c19-16-7-6-13(18-14(16)4-2-8-21-18)10-22-9-12-3-1-5-17(20)15(12)11-22/h2,4,6-8,12,15,17H,1,3,5,9-11,20H2. The van der Waals surface area contributed by atoms with Crippen LogP contribution in [0.1, 0.15) is 24.8 Å². The average Bonchev–Trinajstić information content (AvgIpc) is 2.95. The van der Waals surface area contributed by atoms with Gasteiger partial charge >= 0.3 is 0 Å². The number of nitrogens with zero attached hydrogens (tertiary/aromatic N) is 2. The zero-order chi connectivity index (χ0) is 15.1. The van der Waals surface area contributed by atoms with Crippen molar-refractivity contribution >= 4 is 22.5 Å². The van der Waals surface area contributed by atoms with Gasteiger partial charge in [0.05, 0.1) is 5.52 Å². The van der Waals surface area contributed by atoms with Gasteiger partial charge in [-0.1, -0.05) is 24.1 Å². The van der Waals surface area contributed by atoms with E-state index in [4.69, 9.17) is 17.3 Å². The quantitative estimate of drug-likeness (QED) is 0.923. The lowest BCUT2D eigenvalue weighted by Gasteiger charge is -2.29. The van der Waals surface area contributed by atoms with Gasteiger partial charge in [0.15, 0.2) is 0 Å². The molecule has 2 fully saturated rings. The van der Waals surface area contributed by atoms with Gasteiger partial charge in [-0.25, -0.2) is 0 Å². The number of nitrogens with two attached hydrogens (primary N) is 1. The van der Waals surface area contributed by atoms with Crippen molar-refractivity contribution in [1.29, 1.82) is 0 Å². The van der Waals surface area contributed by atoms with Crippen molar-refractivity contribution in [3.63, 3.8) is 0 Å². The van der Waals surface area contributed by atoms with E-state index in [1.165, 1.54) is 31.4 Å². The Balaban J connectivity index is 1.58. The van der Waals surface area contributed by atoms with E-state index in [-0.39, 0.29) is 0 Å². The molecule has 1 aliphatic carbocycles. The number of hydrogen-bond acceptors (Lipinski definition) is 3. The number of pyridine rings is 1. The molecule has 3 nitrogen and oxygen atoms in total. The fraction of sp³-hybridized carbons (Fsp3) is 0.500. The summed E-state index contributed by atoms with van der Waals surface area (Å²) in [5.74, 6) is 1.47. The third-order valence-electron chi connectivity index (χ3n) is 5.42. The topological polar surface area (TPSA) is 42.1 Å². The summed E-state index contributed by atoms with van der Waals surface area (Å²) in [6.07, 6.45) is 5.68. The molecule has 2 heterocycles. The highest BCUT2D eigenvalue weighted by Gasteiger charge is 2.38. The molecule has 1 saturated heterocycles. The van der Waals surface area contributed by atoms with Gasteiger partial charge < -0.3 is 5.73 Å². The van der Waals surface area contributed by atoms with Gasteiger partial charge in [0.25, 0.3) is 0 Å². The van der Waals surface area contributed by atoms with Crippen molar-refractivity contribution < 1.29 is 0 Å². The summed E-state index contributed by atoms with van der Waals surface area (Å²) in [6.45, 7) is 3.25. The third kappa shape index (κ3) is 2.51. The molecule has 0 spiro atoms. The molecule has 1 aliphatic heterocycles. The molecule has 0 bridgehead atoms. The van der Waals surface area contributed by atoms with E-state index in [1.54, 1.807) is 0 Å². The summed E-state index contributed by atoms with van der Waals surface area (Å²) in [7, 11) is 0. The highest BCUT2D eigenvalue weighted by atomic mass is 35.5. The molecule has 1 saturated carbocycles. The molecule has 4 rings (SSSR count). The van der Waals surface area contributed by atoms with Crippen LogP contribution in [0.25, 0.3) is 10.9 Å². The Morgan fingerprint density at radius 2 is 2.14 bits per heavy atom. The zero-order valence-corrected chi connectivity index (χ0v) is 13.5. The van der Waals surface area contributed by atoms with Crippen LogP contribution in [0, 0.1) is 11.8 Å². The molecule has 0 radical (unpaired) electrons. The van der Waals surface area contributed by atoms with Crippen LogP contribution < -0.4 is 5.73 Å². The first-order valence-electron chi connectivity index (χ1n) is 8.22. The monoisotopic (exact) mass is 315 g/mol. The molecule has 2 aliphatic rings. The van der Waals surface area contributed by atoms with Crippen LogP contribution in [0.4, 0.5) is 0 Å². The number of fused-ring (bicyclic) bond motifs is 2. The Hall–Kier alpha value is -1.16. The number of rotatable bonds is 2. The lowest BCUT2D eigenvalue weighted by molar-refractivity contribution is 0.259. The smallest absolute Gasteiger partial charge is 0.0761 e. The van der Waals surface area contributed by atoms with E-state index in [0.717, 1.165) is 34.9 Å². The molecule has 3 unspecified atom stereocenters. The minimum absolute atomic E-state index is 0.392. The van der Waals surface area contributed by atoms with Crippen LogP contribution in [-0.4, -0.2) is 29.0 Å². The maximum Gasteiger partial charge on any atom is 0.0761 e. The second-order valence-electron chi connectivity index (χ2n) is 6.82. The van der Waals surface area contributed by atoms with E-state index in [2.05, 4.69) is 16.0 Å². The minimum Gasteiger partial charge on any atom is -0.327 e. The lowest BCUT2D eigenvalue weighted by Crippen LogP contribution is -2.38. The van der Waals surface area contributed by atoms with Gasteiger partial charge in [-0.2, -0.15) is 0 Å². The van der Waals surface area contributed by atoms with Crippen LogP contribution >= 0.6 is 11.6 Å². The van der Waals surface area contributed by atoms with Crippen molar-refractivity contribution in [1.82, 2.24) is 9.88 Å². The van der Waals surface area contributed by atoms with Crippen molar-refractivity contribution in [2.75, 3.05) is 13.1 Å². The minimum atomic E-state index is 0.392. The van der Waals surface area contributed by atoms with Crippen LogP contribution in [0.5, 0.6) is 0 Å². The molecule has 1 aromatic carbocycles. The molecule has 116 valence electrons. The maximum absolute atomic E-state index is 6.33. The molecule has 2 aromatic rings. The molecular formula is C18H22ClN3. The molecule has 1 aromatic heterocycles. The number of aromatic nitrogens is 1. The van der Waals surface area contributed by atoms with Crippen molar-refractivity contribution in [3.05, 3.63) is 41.0 Å². The summed E-state index contributed by atoms with van der Waals surface area (Å²) in [5, 5.41) is 1.83. The normalized spacial score (nSPS) is 28.9. The molecule has 22 heavy (non-hydrogen) atoms. The lowest BCUT2D eigenvalue weighted by atomic mass is 9.78. The van der Waals surface area contributed by atoms with Crippen molar-refractivity contribution in [2.45, 2.75) is 31.8 Å². The second-order valence-corrected chi connectivity index (χ2v) is 7.23. The van der Waals surface area contributed by atoms with Gasteiger partial charge in [0.2, 0.25) is 0 Å². The number of halogens is 1. The van der Waals surface area contributed by atoms with Crippen LogP contribution in [0.3, 0.4) is 0 Å². The summed E-state index contributed by atoms with van der Waals surface area (Å²) in [6, 6.07) is 8.51. The van der Waals surface area contributed by atoms with E-state index >= 15 is 0 Å². The van der Waals surface area contributed by atoms with Gasteiger partial charge in [-0.3, -0.25) is 9.88 Å². The Kier molecular flexibility index (Phi) is 3.81. The van der Waals surface area contributed by atoms with E-state index in [0.29, 0.717) is 12.0 Å². The molecular weight excluding hydrogens is 294 g/mol. The Morgan fingerprint density at radius 3 is 3.00 bits per heavy atom. The van der Waals surface area contributed by atoms with E-state index in [1.807, 2.05) is 24.4 Å².